The molecule has 0 bridgehead atoms. The Morgan fingerprint density at radius 2 is 0.586 bits per heavy atom. The van der Waals surface area contributed by atoms with E-state index in [1.54, 1.807) is 48.5 Å². The highest BCUT2D eigenvalue weighted by atomic mass is 15.1. The number of fused-ring (bicyclic) bond motifs is 12. The molecule has 0 spiro atoms. The van der Waals surface area contributed by atoms with E-state index in [0.29, 0.717) is 42.1 Å². The lowest BCUT2D eigenvalue weighted by molar-refractivity contribution is 1.18. The smallest absolute Gasteiger partial charge is 0.0652 e. The molecule has 12 aromatic carbocycles. The van der Waals surface area contributed by atoms with Gasteiger partial charge in [-0.25, -0.2) is 0 Å². The minimum Gasteiger partial charge on any atom is -0.310 e. The van der Waals surface area contributed by atoms with E-state index in [1.165, 1.54) is 21.3 Å². The lowest BCUT2D eigenvalue weighted by Crippen LogP contribution is -2.09. The van der Waals surface area contributed by atoms with Crippen LogP contribution in [-0.2, 0) is 0 Å². The van der Waals surface area contributed by atoms with Crippen LogP contribution in [0.3, 0.4) is 0 Å². The van der Waals surface area contributed by atoms with Gasteiger partial charge in [-0.05, 0) is 153 Å². The zero-order valence-corrected chi connectivity index (χ0v) is 35.6. The van der Waals surface area contributed by atoms with E-state index in [4.69, 9.17) is 32.9 Å². The van der Waals surface area contributed by atoms with E-state index in [0.717, 1.165) is 0 Å². The van der Waals surface area contributed by atoms with Crippen molar-refractivity contribution >= 4 is 110 Å². The van der Waals surface area contributed by atoms with Crippen molar-refractivity contribution in [1.82, 2.24) is 9.13 Å². The van der Waals surface area contributed by atoms with Crippen LogP contribution in [0.5, 0.6) is 0 Å². The number of benzene rings is 12. The Labute approximate surface area is 453 Å². The molecular weight excluding hydrogens is 849 g/mol. The van der Waals surface area contributed by atoms with Gasteiger partial charge < -0.3 is 18.9 Å². The standard InChI is InChI=1S/C66H44N4/c1-5-19-45(20-6-1)67(46-21-7-2-8-22-46)49-35-39-65-61(43-49)57-29-15-17-31-63(57)69(65)51-33-37-55-56-38-34-52(42-60(56)54-28-14-13-27-53(54)59(55)41-51)70-64-32-18-16-30-58(64)62-44-50(36-40-66(62)70)68(47-23-9-3-10-24-47)48-25-11-4-12-26-48/h1-44H/i1D,2D,3D,4D,5D,6D,7D,8D,9D,10D,11D,12D,15D,16D,17D,18D,19D,20D,21D,22D,23D,24D,25D,26D,29D,30D,31D,32D,35D,36D,39D,40D,43D,44D. The Bertz CT molecular complexity index is 5730. The highest BCUT2D eigenvalue weighted by molar-refractivity contribution is 6.26. The molecule has 70 heavy (non-hydrogen) atoms. The van der Waals surface area contributed by atoms with Crippen molar-refractivity contribution in [1.29, 1.82) is 0 Å². The van der Waals surface area contributed by atoms with Crippen LogP contribution in [-0.4, -0.2) is 9.13 Å². The molecule has 0 fully saturated rings. The Kier molecular flexibility index (Phi) is 4.29. The molecule has 2 heterocycles. The van der Waals surface area contributed by atoms with Crippen molar-refractivity contribution in [2.24, 2.45) is 0 Å². The maximum absolute atomic E-state index is 10.1. The minimum absolute atomic E-state index is 0.0627. The van der Waals surface area contributed by atoms with Gasteiger partial charge in [-0.3, -0.25) is 0 Å². The van der Waals surface area contributed by atoms with Crippen molar-refractivity contribution in [2.45, 2.75) is 0 Å². The predicted octanol–water partition coefficient (Wildman–Crippen LogP) is 18.3. The van der Waals surface area contributed by atoms with Gasteiger partial charge in [-0.1, -0.05) is 145 Å². The van der Waals surface area contributed by atoms with Crippen molar-refractivity contribution < 1.29 is 46.6 Å². The lowest BCUT2D eigenvalue weighted by atomic mass is 9.93. The van der Waals surface area contributed by atoms with E-state index in [9.17, 15) is 13.7 Å². The molecule has 4 nitrogen and oxygen atoms in total. The summed E-state index contributed by atoms with van der Waals surface area (Å²) in [7, 11) is 0. The molecule has 14 rings (SSSR count). The topological polar surface area (TPSA) is 16.3 Å². The predicted molar refractivity (Wildman–Crippen MR) is 297 cm³/mol. The quantitative estimate of drug-likeness (QED) is 0.141. The van der Waals surface area contributed by atoms with Gasteiger partial charge in [0.05, 0.1) is 68.7 Å². The Morgan fingerprint density at radius 1 is 0.257 bits per heavy atom. The van der Waals surface area contributed by atoms with Gasteiger partial charge >= 0.3 is 0 Å². The average Bonchev–Trinajstić information content (AvgIpc) is 1.50. The van der Waals surface area contributed by atoms with Gasteiger partial charge in [-0.15, -0.1) is 0 Å². The van der Waals surface area contributed by atoms with E-state index in [2.05, 4.69) is 0 Å². The molecule has 0 saturated heterocycles. The van der Waals surface area contributed by atoms with E-state index < -0.39 is 272 Å². The molecule has 0 N–H and O–H groups in total. The molecule has 4 heteroatoms. The Balaban J connectivity index is 1.05. The molecule has 0 amide bonds. The molecule has 2 aromatic heterocycles. The molecule has 14 aromatic rings. The fourth-order valence-electron chi connectivity index (χ4n) is 9.05. The van der Waals surface area contributed by atoms with Crippen molar-refractivity contribution in [2.75, 3.05) is 9.80 Å². The first kappa shape index (κ1) is 18.6. The van der Waals surface area contributed by atoms with Crippen LogP contribution in [0.25, 0.3) is 87.3 Å². The van der Waals surface area contributed by atoms with Gasteiger partial charge in [0.2, 0.25) is 0 Å². The number of nitrogens with zero attached hydrogens (tertiary/aromatic N) is 4. The number of para-hydroxylation sites is 6. The first-order chi connectivity index (χ1) is 48.9. The fourth-order valence-corrected chi connectivity index (χ4v) is 9.05. The minimum atomic E-state index is -1.02. The molecular formula is C66H44N4. The summed E-state index contributed by atoms with van der Waals surface area (Å²) >= 11 is 0. The van der Waals surface area contributed by atoms with Crippen molar-refractivity contribution in [3.8, 4) is 11.4 Å². The normalized spacial score (nSPS) is 18.5. The zero-order valence-electron chi connectivity index (χ0n) is 69.6. The summed E-state index contributed by atoms with van der Waals surface area (Å²) in [5.41, 5.74) is -6.71. The Hall–Kier alpha value is -9.38. The second-order valence-electron chi connectivity index (χ2n) is 15.6. The van der Waals surface area contributed by atoms with E-state index in [1.807, 2.05) is 0 Å². The van der Waals surface area contributed by atoms with Gasteiger partial charge in [0.25, 0.3) is 0 Å². The van der Waals surface area contributed by atoms with Gasteiger partial charge in [-0.2, -0.15) is 0 Å². The molecule has 0 aliphatic heterocycles. The van der Waals surface area contributed by atoms with Crippen molar-refractivity contribution in [3.05, 3.63) is 266 Å². The monoisotopic (exact) mass is 927 g/mol. The second kappa shape index (κ2) is 16.2. The molecule has 0 aliphatic carbocycles. The fraction of sp³-hybridized carbons (Fsp3) is 0. The van der Waals surface area contributed by atoms with Crippen LogP contribution in [0.2, 0.25) is 0 Å². The second-order valence-corrected chi connectivity index (χ2v) is 15.6. The van der Waals surface area contributed by atoms with Crippen LogP contribution in [0, 0.1) is 0 Å². The summed E-state index contributed by atoms with van der Waals surface area (Å²) < 4.78 is 311. The van der Waals surface area contributed by atoms with Crippen LogP contribution in [0.15, 0.2) is 266 Å². The van der Waals surface area contributed by atoms with E-state index >= 15 is 0 Å². The van der Waals surface area contributed by atoms with Crippen LogP contribution in [0.4, 0.5) is 34.1 Å². The highest BCUT2D eigenvalue weighted by Gasteiger charge is 2.21. The average molecular weight is 927 g/mol. The number of rotatable bonds is 8. The first-order valence-corrected chi connectivity index (χ1v) is 21.2. The van der Waals surface area contributed by atoms with Crippen LogP contribution >= 0.6 is 0 Å². The number of anilines is 6. The molecule has 0 unspecified atom stereocenters. The van der Waals surface area contributed by atoms with Gasteiger partial charge in [0.15, 0.2) is 0 Å². The summed E-state index contributed by atoms with van der Waals surface area (Å²) in [4.78, 5) is 1.08. The Morgan fingerprint density at radius 3 is 0.971 bits per heavy atom. The summed E-state index contributed by atoms with van der Waals surface area (Å²) in [6, 6.07) is -14.8. The number of hydrogen-bond acceptors (Lipinski definition) is 2. The summed E-state index contributed by atoms with van der Waals surface area (Å²) in [5, 5.41) is 0.959. The van der Waals surface area contributed by atoms with Crippen molar-refractivity contribution in [3.63, 3.8) is 0 Å². The summed E-state index contributed by atoms with van der Waals surface area (Å²) in [5.74, 6) is 0. The molecule has 0 radical (unpaired) electrons. The van der Waals surface area contributed by atoms with Crippen LogP contribution in [0.1, 0.15) is 46.6 Å². The third-order valence-corrected chi connectivity index (χ3v) is 11.9. The maximum Gasteiger partial charge on any atom is 0.0652 e. The number of aromatic nitrogens is 2. The molecule has 0 aliphatic rings. The maximum atomic E-state index is 10.1. The third kappa shape index (κ3) is 6.31. The lowest BCUT2D eigenvalue weighted by Gasteiger charge is -2.25. The third-order valence-electron chi connectivity index (χ3n) is 11.9. The van der Waals surface area contributed by atoms with Gasteiger partial charge in [0.1, 0.15) is 0 Å². The van der Waals surface area contributed by atoms with E-state index in [-0.39, 0.29) is 22.4 Å². The van der Waals surface area contributed by atoms with Gasteiger partial charge in [0, 0.05) is 67.0 Å². The SMILES string of the molecule is [2H]c1c([2H])c([2H])c(N(c2c([2H])c([2H])c([2H])c([2H])c2[2H])c2c([2H])c([2H])c3c(c2[2H])c2c([2H])c([2H])c([2H])c([2H])c2n3-c2ccc3c4ccc(-n5c6c([2H])c([2H])c([2H])c([2H])c6c6c([2H])c(N(c7c([2H])c([2H])c([2H])c([2H])c7[2H])c7c([2H])c([2H])c([2H])c([2H])c7[2H])c([2H])c([2H])c65)cc4c4ccccc4c3c2)c([2H])c1[2H]. The molecule has 0 saturated carbocycles. The number of hydrogen-bond donors (Lipinski definition) is 0. The highest BCUT2D eigenvalue weighted by Crippen LogP contribution is 2.44. The first-order valence-electron chi connectivity index (χ1n) is 38.2. The van der Waals surface area contributed by atoms with Crippen LogP contribution < -0.4 is 9.80 Å². The molecule has 328 valence electrons. The molecule has 0 atom stereocenters. The summed E-state index contributed by atoms with van der Waals surface area (Å²) in [6.45, 7) is 0. The largest absolute Gasteiger partial charge is 0.310 e. The zero-order chi connectivity index (χ0) is 75.7. The summed E-state index contributed by atoms with van der Waals surface area (Å²) in [6.07, 6.45) is 0.